The molecule has 4 aromatic heterocycles. The molecule has 0 amide bonds. The van der Waals surface area contributed by atoms with Gasteiger partial charge in [-0.2, -0.15) is 29.9 Å². The summed E-state index contributed by atoms with van der Waals surface area (Å²) >= 11 is 0. The zero-order chi connectivity index (χ0) is 42.2. The lowest BCUT2D eigenvalue weighted by molar-refractivity contribution is 0.394. The molecule has 14 heteroatoms. The van der Waals surface area contributed by atoms with E-state index >= 15 is 0 Å². The van der Waals surface area contributed by atoms with Crippen LogP contribution in [0.4, 0.5) is 22.7 Å². The fourth-order valence-electron chi connectivity index (χ4n) is 6.57. The summed E-state index contributed by atoms with van der Waals surface area (Å²) in [4.78, 5) is 9.14. The van der Waals surface area contributed by atoms with Crippen LogP contribution in [0.1, 0.15) is 0 Å². The van der Waals surface area contributed by atoms with Gasteiger partial charge in [0.05, 0.1) is 76.1 Å². The number of nitriles is 2. The normalized spacial score (nSPS) is 11.3. The van der Waals surface area contributed by atoms with Gasteiger partial charge in [-0.25, -0.2) is 0 Å². The number of nitrogens with zero attached hydrogens (tertiary/aromatic N) is 10. The zero-order valence-electron chi connectivity index (χ0n) is 33.8. The predicted octanol–water partition coefficient (Wildman–Crippen LogP) is 8.16. The van der Waals surface area contributed by atoms with Crippen LogP contribution in [0.2, 0.25) is 0 Å². The molecular weight excluding hydrogens is 757 g/mol. The molecule has 0 spiro atoms. The van der Waals surface area contributed by atoms with Crippen molar-refractivity contribution < 1.29 is 18.9 Å². The maximum absolute atomic E-state index is 9.39. The van der Waals surface area contributed by atoms with Crippen molar-refractivity contribution in [2.45, 2.75) is 0 Å². The summed E-state index contributed by atoms with van der Waals surface area (Å²) in [5.41, 5.74) is 8.84. The van der Waals surface area contributed by atoms with Crippen molar-refractivity contribution in [3.05, 3.63) is 122 Å². The highest BCUT2D eigenvalue weighted by atomic mass is 16.5. The van der Waals surface area contributed by atoms with E-state index in [0.717, 1.165) is 66.8 Å². The van der Waals surface area contributed by atoms with E-state index in [-0.39, 0.29) is 0 Å². The molecular formula is C46H40N10O4+2. The van der Waals surface area contributed by atoms with Crippen LogP contribution in [0.15, 0.2) is 122 Å². The number of ether oxygens (including phenoxy) is 4. The van der Waals surface area contributed by atoms with Gasteiger partial charge in [0, 0.05) is 108 Å². The Morgan fingerprint density at radius 3 is 1.18 bits per heavy atom. The van der Waals surface area contributed by atoms with E-state index in [1.807, 2.05) is 112 Å². The monoisotopic (exact) mass is 796 g/mol. The third-order valence-corrected chi connectivity index (χ3v) is 9.56. The van der Waals surface area contributed by atoms with Gasteiger partial charge in [-0.3, -0.25) is 19.3 Å². The largest absolute Gasteiger partial charge is 0.496 e. The number of methoxy groups -OCH3 is 4. The summed E-state index contributed by atoms with van der Waals surface area (Å²) in [6.07, 6.45) is 14.1. The zero-order valence-corrected chi connectivity index (χ0v) is 33.8. The van der Waals surface area contributed by atoms with Crippen LogP contribution in [0.3, 0.4) is 0 Å². The van der Waals surface area contributed by atoms with E-state index in [4.69, 9.17) is 18.9 Å². The lowest BCUT2D eigenvalue weighted by Crippen LogP contribution is -2.05. The molecule has 8 rings (SSSR count). The average molecular weight is 797 g/mol. The van der Waals surface area contributed by atoms with Gasteiger partial charge in [0.2, 0.25) is 22.7 Å². The van der Waals surface area contributed by atoms with Crippen molar-refractivity contribution in [1.29, 1.82) is 10.5 Å². The summed E-state index contributed by atoms with van der Waals surface area (Å²) in [7, 11) is 10.1. The molecule has 0 saturated carbocycles. The Balaban J connectivity index is 0.000000181. The molecule has 0 fully saturated rings. The van der Waals surface area contributed by atoms with E-state index in [1.165, 1.54) is 12.4 Å². The number of hydrogen-bond acceptors (Lipinski definition) is 10. The van der Waals surface area contributed by atoms with Gasteiger partial charge in [0.15, 0.2) is 12.1 Å². The third kappa shape index (κ3) is 8.78. The Hall–Kier alpha value is -8.36. The Labute approximate surface area is 346 Å². The summed E-state index contributed by atoms with van der Waals surface area (Å²) in [5.74, 6) is 2.56. The van der Waals surface area contributed by atoms with Gasteiger partial charge in [-0.1, -0.05) is 0 Å². The van der Waals surface area contributed by atoms with E-state index in [2.05, 4.69) is 44.4 Å². The van der Waals surface area contributed by atoms with Crippen molar-refractivity contribution in [3.63, 3.8) is 0 Å². The first-order valence-corrected chi connectivity index (χ1v) is 18.5. The van der Waals surface area contributed by atoms with E-state index in [0.29, 0.717) is 23.0 Å². The molecule has 0 aliphatic carbocycles. The second-order valence-electron chi connectivity index (χ2n) is 13.4. The number of rotatable bonds is 10. The third-order valence-electron chi connectivity index (χ3n) is 9.56. The highest BCUT2D eigenvalue weighted by molar-refractivity contribution is 5.90. The molecule has 4 heterocycles. The second kappa shape index (κ2) is 17.8. The van der Waals surface area contributed by atoms with Gasteiger partial charge in [0.1, 0.15) is 23.0 Å². The highest BCUT2D eigenvalue weighted by Gasteiger charge is 2.19. The van der Waals surface area contributed by atoms with Crippen LogP contribution in [0, 0.1) is 22.7 Å². The van der Waals surface area contributed by atoms with E-state index in [1.54, 1.807) is 59.1 Å². The second-order valence-corrected chi connectivity index (χ2v) is 13.4. The number of aryl methyl sites for hydroxylation is 2. The van der Waals surface area contributed by atoms with Crippen LogP contribution in [0.25, 0.3) is 44.1 Å². The van der Waals surface area contributed by atoms with Crippen molar-refractivity contribution >= 4 is 57.0 Å². The van der Waals surface area contributed by atoms with Crippen LogP contribution >= 0.6 is 0 Å². The fraction of sp³-hybridized carbons (Fsp3) is 0.130. The SMILES string of the molecule is COc1cc(OC)cc([N+](=CC#N)c2ccc3ncc(-c4cnn(C)c4)cc3c2)c1.COc1cc(OC)cc([N+](=CC#N)c2ccc3ncc(-c4cnn(C)c4)cc3c2)c1. The van der Waals surface area contributed by atoms with Gasteiger partial charge >= 0.3 is 0 Å². The highest BCUT2D eigenvalue weighted by Crippen LogP contribution is 2.34. The van der Waals surface area contributed by atoms with Crippen molar-refractivity contribution in [2.24, 2.45) is 14.1 Å². The maximum atomic E-state index is 9.39. The van der Waals surface area contributed by atoms with Crippen molar-refractivity contribution in [1.82, 2.24) is 38.7 Å². The van der Waals surface area contributed by atoms with E-state index < -0.39 is 0 Å². The van der Waals surface area contributed by atoms with Gasteiger partial charge in [-0.05, 0) is 24.3 Å². The first-order chi connectivity index (χ1) is 29.2. The molecule has 0 aliphatic rings. The molecule has 14 nitrogen and oxygen atoms in total. The smallest absolute Gasteiger partial charge is 0.253 e. The minimum absolute atomic E-state index is 0.641. The summed E-state index contributed by atoms with van der Waals surface area (Å²) in [5, 5.41) is 29.2. The number of aromatic nitrogens is 6. The Bertz CT molecular complexity index is 2760. The van der Waals surface area contributed by atoms with Crippen LogP contribution in [-0.4, -0.2) is 70.4 Å². The van der Waals surface area contributed by atoms with Gasteiger partial charge in [-0.15, -0.1) is 0 Å². The Kier molecular flexibility index (Phi) is 11.8. The molecule has 296 valence electrons. The quantitative estimate of drug-likeness (QED) is 0.0979. The molecule has 0 radical (unpaired) electrons. The van der Waals surface area contributed by atoms with Crippen molar-refractivity contribution in [2.75, 3.05) is 28.4 Å². The topological polar surface area (TPSA) is 152 Å². The first-order valence-electron chi connectivity index (χ1n) is 18.5. The Morgan fingerprint density at radius 1 is 0.483 bits per heavy atom. The predicted molar refractivity (Wildman–Crippen MR) is 233 cm³/mol. The van der Waals surface area contributed by atoms with Gasteiger partial charge in [0.25, 0.3) is 12.4 Å². The molecule has 0 saturated heterocycles. The van der Waals surface area contributed by atoms with Crippen LogP contribution < -0.4 is 28.1 Å². The number of benzene rings is 4. The fourth-order valence-corrected chi connectivity index (χ4v) is 6.57. The number of fused-ring (bicyclic) bond motifs is 2. The molecule has 0 unspecified atom stereocenters. The lowest BCUT2D eigenvalue weighted by atomic mass is 10.1. The van der Waals surface area contributed by atoms with Crippen molar-refractivity contribution in [3.8, 4) is 57.4 Å². The summed E-state index contributed by atoms with van der Waals surface area (Å²) in [6.45, 7) is 0. The summed E-state index contributed by atoms with van der Waals surface area (Å²) in [6, 6.07) is 31.1. The molecule has 60 heavy (non-hydrogen) atoms. The minimum atomic E-state index is 0.641. The van der Waals surface area contributed by atoms with Crippen LogP contribution in [0.5, 0.6) is 23.0 Å². The molecule has 0 N–H and O–H groups in total. The number of hydrogen-bond donors (Lipinski definition) is 0. The van der Waals surface area contributed by atoms with E-state index in [9.17, 15) is 10.5 Å². The molecule has 0 aliphatic heterocycles. The maximum Gasteiger partial charge on any atom is 0.253 e. The van der Waals surface area contributed by atoms with Crippen LogP contribution in [-0.2, 0) is 14.1 Å². The molecule has 0 atom stereocenters. The minimum Gasteiger partial charge on any atom is -0.496 e. The average Bonchev–Trinajstić information content (AvgIpc) is 3.94. The number of pyridine rings is 2. The summed E-state index contributed by atoms with van der Waals surface area (Å²) < 4.78 is 28.6. The Morgan fingerprint density at radius 2 is 0.867 bits per heavy atom. The molecule has 0 bridgehead atoms. The lowest BCUT2D eigenvalue weighted by Gasteiger charge is -2.08. The standard InChI is InChI=1S/2C23H20N5O2/c2*1-27-15-18(14-26-27)17-8-16-9-19(4-5-23(16)25-13-17)28(7-6-24)20-10-21(29-2)12-22(11-20)30-3/h2*4-5,7-15H,1-3H3/q2*+1. The molecule has 8 aromatic rings. The first kappa shape index (κ1) is 39.9. The molecule has 4 aromatic carbocycles. The van der Waals surface area contributed by atoms with Gasteiger partial charge < -0.3 is 18.9 Å².